The standard InChI is InChI=1S/C11H19N5S/c1-7(2)9-10(13-6-14-11(9)16-12)15-8-3-4-17-5-8/h6-8H,3-5,12H2,1-2H3,(H2,13,14,15,16). The molecule has 2 heterocycles. The second kappa shape index (κ2) is 5.55. The zero-order chi connectivity index (χ0) is 12.3. The number of hydrogen-bond donors (Lipinski definition) is 3. The predicted molar refractivity (Wildman–Crippen MR) is 73.3 cm³/mol. The van der Waals surface area contributed by atoms with Gasteiger partial charge in [0.25, 0.3) is 0 Å². The highest BCUT2D eigenvalue weighted by Gasteiger charge is 2.20. The fourth-order valence-corrected chi connectivity index (χ4v) is 3.17. The molecular weight excluding hydrogens is 234 g/mol. The number of nitrogen functional groups attached to an aromatic ring is 1. The number of nitrogens with two attached hydrogens (primary N) is 1. The van der Waals surface area contributed by atoms with Crippen molar-refractivity contribution in [3.8, 4) is 0 Å². The Hall–Kier alpha value is -1.01. The highest BCUT2D eigenvalue weighted by Crippen LogP contribution is 2.29. The summed E-state index contributed by atoms with van der Waals surface area (Å²) in [5.41, 5.74) is 3.71. The second-order valence-corrected chi connectivity index (χ2v) is 5.64. The first-order valence-electron chi connectivity index (χ1n) is 5.88. The first-order chi connectivity index (χ1) is 8.22. The van der Waals surface area contributed by atoms with Gasteiger partial charge in [-0.25, -0.2) is 15.8 Å². The maximum absolute atomic E-state index is 5.49. The van der Waals surface area contributed by atoms with E-state index >= 15 is 0 Å². The molecule has 17 heavy (non-hydrogen) atoms. The van der Waals surface area contributed by atoms with Crippen LogP contribution in [0.3, 0.4) is 0 Å². The van der Waals surface area contributed by atoms with Crippen LogP contribution >= 0.6 is 11.8 Å². The molecule has 0 aromatic carbocycles. The normalized spacial score (nSPS) is 19.6. The zero-order valence-corrected chi connectivity index (χ0v) is 11.0. The van der Waals surface area contributed by atoms with Crippen molar-refractivity contribution < 1.29 is 0 Å². The molecule has 94 valence electrons. The summed E-state index contributed by atoms with van der Waals surface area (Å²) in [6, 6.07) is 0.512. The Morgan fingerprint density at radius 1 is 1.41 bits per heavy atom. The van der Waals surface area contributed by atoms with Crippen LogP contribution in [-0.4, -0.2) is 27.5 Å². The van der Waals surface area contributed by atoms with Crippen molar-refractivity contribution in [3.63, 3.8) is 0 Å². The molecule has 1 saturated heterocycles. The predicted octanol–water partition coefficient (Wildman–Crippen LogP) is 1.80. The van der Waals surface area contributed by atoms with E-state index < -0.39 is 0 Å². The van der Waals surface area contributed by atoms with Crippen LogP contribution in [0.4, 0.5) is 11.6 Å². The average Bonchev–Trinajstić information content (AvgIpc) is 2.81. The van der Waals surface area contributed by atoms with Crippen molar-refractivity contribution in [3.05, 3.63) is 11.9 Å². The molecule has 6 heteroatoms. The second-order valence-electron chi connectivity index (χ2n) is 4.49. The molecule has 4 N–H and O–H groups in total. The Labute approximate surface area is 106 Å². The lowest BCUT2D eigenvalue weighted by Gasteiger charge is -2.19. The van der Waals surface area contributed by atoms with E-state index in [1.165, 1.54) is 12.2 Å². The summed E-state index contributed by atoms with van der Waals surface area (Å²) >= 11 is 1.98. The van der Waals surface area contributed by atoms with E-state index in [1.54, 1.807) is 6.33 Å². The molecule has 5 nitrogen and oxygen atoms in total. The smallest absolute Gasteiger partial charge is 0.148 e. The van der Waals surface area contributed by atoms with E-state index in [9.17, 15) is 0 Å². The minimum absolute atomic E-state index is 0.332. The van der Waals surface area contributed by atoms with Gasteiger partial charge in [0.1, 0.15) is 18.0 Å². The van der Waals surface area contributed by atoms with Gasteiger partial charge in [0, 0.05) is 17.4 Å². The Morgan fingerprint density at radius 3 is 2.76 bits per heavy atom. The summed E-state index contributed by atoms with van der Waals surface area (Å²) in [4.78, 5) is 8.51. The van der Waals surface area contributed by atoms with E-state index in [0.29, 0.717) is 17.8 Å². The highest BCUT2D eigenvalue weighted by atomic mass is 32.2. The highest BCUT2D eigenvalue weighted by molar-refractivity contribution is 7.99. The Bertz CT molecular complexity index is 376. The van der Waals surface area contributed by atoms with Crippen LogP contribution in [-0.2, 0) is 0 Å². The SMILES string of the molecule is CC(C)c1c(NN)ncnc1NC1CCSC1. The van der Waals surface area contributed by atoms with Crippen molar-refractivity contribution in [2.45, 2.75) is 32.2 Å². The van der Waals surface area contributed by atoms with Crippen LogP contribution in [0.5, 0.6) is 0 Å². The Balaban J connectivity index is 2.25. The van der Waals surface area contributed by atoms with Gasteiger partial charge in [-0.2, -0.15) is 11.8 Å². The van der Waals surface area contributed by atoms with Crippen LogP contribution in [0, 0.1) is 0 Å². The molecule has 1 atom stereocenters. The largest absolute Gasteiger partial charge is 0.366 e. The van der Waals surface area contributed by atoms with Crippen molar-refractivity contribution in [2.24, 2.45) is 5.84 Å². The molecule has 1 aromatic heterocycles. The summed E-state index contributed by atoms with van der Waals surface area (Å²) in [6.07, 6.45) is 2.74. The van der Waals surface area contributed by atoms with Crippen molar-refractivity contribution in [1.29, 1.82) is 0 Å². The minimum Gasteiger partial charge on any atom is -0.366 e. The maximum Gasteiger partial charge on any atom is 0.148 e. The maximum atomic E-state index is 5.49. The number of anilines is 2. The average molecular weight is 253 g/mol. The summed E-state index contributed by atoms with van der Waals surface area (Å²) in [5, 5.41) is 3.50. The number of hydrazine groups is 1. The molecule has 2 rings (SSSR count). The third-order valence-corrected chi connectivity index (χ3v) is 4.03. The van der Waals surface area contributed by atoms with Crippen LogP contribution < -0.4 is 16.6 Å². The molecule has 1 unspecified atom stereocenters. The number of aromatic nitrogens is 2. The zero-order valence-electron chi connectivity index (χ0n) is 10.2. The number of hydrogen-bond acceptors (Lipinski definition) is 6. The van der Waals surface area contributed by atoms with Gasteiger partial charge in [0.15, 0.2) is 0 Å². The topological polar surface area (TPSA) is 75.9 Å². The lowest BCUT2D eigenvalue weighted by Crippen LogP contribution is -2.22. The summed E-state index contributed by atoms with van der Waals surface area (Å²) in [7, 11) is 0. The molecule has 0 radical (unpaired) electrons. The van der Waals surface area contributed by atoms with E-state index in [4.69, 9.17) is 5.84 Å². The van der Waals surface area contributed by atoms with Crippen LogP contribution in [0.15, 0.2) is 6.33 Å². The van der Waals surface area contributed by atoms with E-state index in [2.05, 4.69) is 34.6 Å². The van der Waals surface area contributed by atoms with Gasteiger partial charge < -0.3 is 10.7 Å². The van der Waals surface area contributed by atoms with Crippen molar-refractivity contribution in [1.82, 2.24) is 9.97 Å². The molecule has 0 amide bonds. The van der Waals surface area contributed by atoms with E-state index in [1.807, 2.05) is 11.8 Å². The molecule has 0 bridgehead atoms. The molecule has 0 aliphatic carbocycles. The van der Waals surface area contributed by atoms with Gasteiger partial charge in [-0.1, -0.05) is 13.8 Å². The number of rotatable bonds is 4. The van der Waals surface area contributed by atoms with Crippen LogP contribution in [0.2, 0.25) is 0 Å². The Kier molecular flexibility index (Phi) is 4.06. The molecular formula is C11H19N5S. The fraction of sp³-hybridized carbons (Fsp3) is 0.636. The molecule has 1 aromatic rings. The summed E-state index contributed by atoms with van der Waals surface area (Å²) in [5.74, 6) is 9.82. The minimum atomic E-state index is 0.332. The fourth-order valence-electron chi connectivity index (χ4n) is 2.01. The molecule has 0 saturated carbocycles. The van der Waals surface area contributed by atoms with Gasteiger partial charge in [0.05, 0.1) is 0 Å². The molecule has 1 aliphatic rings. The summed E-state index contributed by atoms with van der Waals surface area (Å²) < 4.78 is 0. The lowest BCUT2D eigenvalue weighted by molar-refractivity contribution is 0.786. The molecule has 1 aliphatic heterocycles. The van der Waals surface area contributed by atoms with Gasteiger partial charge in [0.2, 0.25) is 0 Å². The van der Waals surface area contributed by atoms with Gasteiger partial charge >= 0.3 is 0 Å². The van der Waals surface area contributed by atoms with E-state index in [0.717, 1.165) is 17.1 Å². The molecule has 0 spiro atoms. The van der Waals surface area contributed by atoms with Gasteiger partial charge in [-0.15, -0.1) is 0 Å². The van der Waals surface area contributed by atoms with Crippen molar-refractivity contribution >= 4 is 23.4 Å². The summed E-state index contributed by atoms with van der Waals surface area (Å²) in [6.45, 7) is 4.24. The third-order valence-electron chi connectivity index (χ3n) is 2.87. The number of nitrogens with one attached hydrogen (secondary N) is 2. The van der Waals surface area contributed by atoms with Crippen molar-refractivity contribution in [2.75, 3.05) is 22.2 Å². The monoisotopic (exact) mass is 253 g/mol. The van der Waals surface area contributed by atoms with Crippen LogP contribution in [0.25, 0.3) is 0 Å². The van der Waals surface area contributed by atoms with Gasteiger partial charge in [-0.05, 0) is 18.1 Å². The Morgan fingerprint density at radius 2 is 2.18 bits per heavy atom. The lowest BCUT2D eigenvalue weighted by atomic mass is 10.0. The third kappa shape index (κ3) is 2.81. The quantitative estimate of drug-likeness (QED) is 0.561. The first kappa shape index (κ1) is 12.4. The number of thioether (sulfide) groups is 1. The number of nitrogens with zero attached hydrogens (tertiary/aromatic N) is 2. The molecule has 1 fully saturated rings. The van der Waals surface area contributed by atoms with Gasteiger partial charge in [-0.3, -0.25) is 0 Å². The van der Waals surface area contributed by atoms with Crippen LogP contribution in [0.1, 0.15) is 31.7 Å². The first-order valence-corrected chi connectivity index (χ1v) is 7.03. The van der Waals surface area contributed by atoms with E-state index in [-0.39, 0.29) is 0 Å².